The molecule has 35 heavy (non-hydrogen) atoms. The van der Waals surface area contributed by atoms with Crippen molar-refractivity contribution in [2.45, 2.75) is 37.6 Å². The Morgan fingerprint density at radius 3 is 2.54 bits per heavy atom. The van der Waals surface area contributed by atoms with E-state index >= 15 is 0 Å². The van der Waals surface area contributed by atoms with Gasteiger partial charge in [-0.25, -0.2) is 13.4 Å². The van der Waals surface area contributed by atoms with E-state index in [1.54, 1.807) is 29.4 Å². The first-order valence-corrected chi connectivity index (χ1v) is 13.9. The fourth-order valence-electron chi connectivity index (χ4n) is 4.22. The van der Waals surface area contributed by atoms with E-state index < -0.39 is 10.0 Å². The highest BCUT2D eigenvalue weighted by atomic mass is 32.2. The summed E-state index contributed by atoms with van der Waals surface area (Å²) in [5.41, 5.74) is 3.24. The Hall–Kier alpha value is -3.14. The SMILES string of the molecule is Cc1ccc2nc(N(Cc3cccnc3)C(=O)c3ccc(S(=O)(=O)N4CCCCC4)cc3)sc2c1. The molecule has 0 N–H and O–H groups in total. The molecule has 1 aliphatic rings. The summed E-state index contributed by atoms with van der Waals surface area (Å²) in [6, 6.07) is 16.0. The number of carbonyl (C=O) groups excluding carboxylic acids is 1. The van der Waals surface area contributed by atoms with E-state index in [0.717, 1.165) is 40.6 Å². The molecule has 0 atom stereocenters. The Kier molecular flexibility index (Phi) is 6.64. The third-order valence-electron chi connectivity index (χ3n) is 6.13. The predicted molar refractivity (Wildman–Crippen MR) is 138 cm³/mol. The number of thiazole rings is 1. The smallest absolute Gasteiger partial charge is 0.260 e. The lowest BCUT2D eigenvalue weighted by molar-refractivity contribution is 0.0985. The number of pyridine rings is 1. The van der Waals surface area contributed by atoms with Gasteiger partial charge in [0.1, 0.15) is 0 Å². The van der Waals surface area contributed by atoms with Crippen molar-refractivity contribution in [3.05, 3.63) is 83.7 Å². The maximum atomic E-state index is 13.7. The van der Waals surface area contributed by atoms with Crippen LogP contribution in [0.25, 0.3) is 10.2 Å². The van der Waals surface area contributed by atoms with Gasteiger partial charge in [-0.3, -0.25) is 14.7 Å². The average molecular weight is 507 g/mol. The van der Waals surface area contributed by atoms with Gasteiger partial charge in [-0.2, -0.15) is 4.31 Å². The molecule has 0 saturated carbocycles. The molecule has 9 heteroatoms. The number of aromatic nitrogens is 2. The van der Waals surface area contributed by atoms with E-state index in [2.05, 4.69) is 11.1 Å². The molecule has 0 radical (unpaired) electrons. The number of hydrogen-bond acceptors (Lipinski definition) is 6. The summed E-state index contributed by atoms with van der Waals surface area (Å²) >= 11 is 1.46. The van der Waals surface area contributed by atoms with E-state index in [1.165, 1.54) is 27.8 Å². The molecule has 5 rings (SSSR count). The Labute approximate surface area is 209 Å². The summed E-state index contributed by atoms with van der Waals surface area (Å²) in [7, 11) is -3.56. The molecule has 2 aromatic carbocycles. The topological polar surface area (TPSA) is 83.5 Å². The Morgan fingerprint density at radius 2 is 1.83 bits per heavy atom. The lowest BCUT2D eigenvalue weighted by Crippen LogP contribution is -2.35. The number of aryl methyl sites for hydroxylation is 1. The third kappa shape index (κ3) is 4.98. The lowest BCUT2D eigenvalue weighted by Gasteiger charge is -2.26. The molecule has 1 fully saturated rings. The van der Waals surface area contributed by atoms with Gasteiger partial charge in [0.15, 0.2) is 5.13 Å². The molecular weight excluding hydrogens is 480 g/mol. The van der Waals surface area contributed by atoms with Crippen molar-refractivity contribution < 1.29 is 13.2 Å². The number of benzene rings is 2. The standard InChI is InChI=1S/C26H26N4O3S2/c1-19-7-12-23-24(16-19)34-26(28-23)30(18-20-6-5-13-27-17-20)25(31)21-8-10-22(11-9-21)35(32,33)29-14-3-2-4-15-29/h5-13,16-17H,2-4,14-15,18H2,1H3. The molecule has 1 aliphatic heterocycles. The third-order valence-corrected chi connectivity index (χ3v) is 9.08. The van der Waals surface area contributed by atoms with Gasteiger partial charge in [0.25, 0.3) is 5.91 Å². The number of fused-ring (bicyclic) bond motifs is 1. The molecular formula is C26H26N4O3S2. The summed E-state index contributed by atoms with van der Waals surface area (Å²) in [6.45, 7) is 3.41. The second kappa shape index (κ2) is 9.85. The van der Waals surface area contributed by atoms with Crippen molar-refractivity contribution in [3.63, 3.8) is 0 Å². The van der Waals surface area contributed by atoms with E-state index in [0.29, 0.717) is 30.3 Å². The Bertz CT molecular complexity index is 1450. The van der Waals surface area contributed by atoms with Crippen LogP contribution in [0.4, 0.5) is 5.13 Å². The molecule has 0 bridgehead atoms. The number of hydrogen-bond donors (Lipinski definition) is 0. The van der Waals surface area contributed by atoms with Gasteiger partial charge in [-0.15, -0.1) is 0 Å². The molecule has 1 saturated heterocycles. The first kappa shape index (κ1) is 23.6. The minimum Gasteiger partial charge on any atom is -0.279 e. The Balaban J connectivity index is 1.47. The van der Waals surface area contributed by atoms with Gasteiger partial charge in [-0.05, 0) is 73.4 Å². The number of anilines is 1. The van der Waals surface area contributed by atoms with Crippen molar-refractivity contribution in [1.29, 1.82) is 0 Å². The molecule has 0 unspecified atom stereocenters. The molecule has 180 valence electrons. The molecule has 0 aliphatic carbocycles. The van der Waals surface area contributed by atoms with E-state index in [9.17, 15) is 13.2 Å². The monoisotopic (exact) mass is 506 g/mol. The Morgan fingerprint density at radius 1 is 1.06 bits per heavy atom. The van der Waals surface area contributed by atoms with Crippen molar-refractivity contribution >= 4 is 42.6 Å². The summed E-state index contributed by atoms with van der Waals surface area (Å²) in [6.07, 6.45) is 6.23. The maximum Gasteiger partial charge on any atom is 0.260 e. The van der Waals surface area contributed by atoms with E-state index in [4.69, 9.17) is 4.98 Å². The van der Waals surface area contributed by atoms with Crippen LogP contribution >= 0.6 is 11.3 Å². The van der Waals surface area contributed by atoms with Gasteiger partial charge in [-0.1, -0.05) is 29.9 Å². The van der Waals surface area contributed by atoms with Crippen LogP contribution in [0.5, 0.6) is 0 Å². The number of amides is 1. The van der Waals surface area contributed by atoms with Crippen LogP contribution in [0, 0.1) is 6.92 Å². The highest BCUT2D eigenvalue weighted by Crippen LogP contribution is 2.32. The van der Waals surface area contributed by atoms with Gasteiger partial charge in [0.05, 0.1) is 21.7 Å². The normalized spacial score (nSPS) is 14.8. The lowest BCUT2D eigenvalue weighted by atomic mass is 10.2. The minimum absolute atomic E-state index is 0.213. The predicted octanol–water partition coefficient (Wildman–Crippen LogP) is 5.02. The molecule has 0 spiro atoms. The summed E-state index contributed by atoms with van der Waals surface area (Å²) in [5, 5.41) is 0.587. The van der Waals surface area contributed by atoms with Crippen molar-refractivity contribution in [2.75, 3.05) is 18.0 Å². The first-order valence-electron chi connectivity index (χ1n) is 11.6. The quantitative estimate of drug-likeness (QED) is 0.367. The van der Waals surface area contributed by atoms with Crippen molar-refractivity contribution in [3.8, 4) is 0 Å². The number of sulfonamides is 1. The number of piperidine rings is 1. The summed E-state index contributed by atoms with van der Waals surface area (Å²) < 4.78 is 28.6. The van der Waals surface area contributed by atoms with Gasteiger partial charge < -0.3 is 0 Å². The van der Waals surface area contributed by atoms with Crippen LogP contribution < -0.4 is 4.90 Å². The second-order valence-electron chi connectivity index (χ2n) is 8.71. The zero-order chi connectivity index (χ0) is 24.4. The van der Waals surface area contributed by atoms with Crippen molar-refractivity contribution in [1.82, 2.24) is 14.3 Å². The fraction of sp³-hybridized carbons (Fsp3) is 0.269. The zero-order valence-corrected chi connectivity index (χ0v) is 21.1. The van der Waals surface area contributed by atoms with Crippen LogP contribution in [0.15, 0.2) is 71.9 Å². The second-order valence-corrected chi connectivity index (χ2v) is 11.7. The largest absolute Gasteiger partial charge is 0.279 e. The van der Waals surface area contributed by atoms with Crippen LogP contribution in [0.2, 0.25) is 0 Å². The summed E-state index contributed by atoms with van der Waals surface area (Å²) in [5.74, 6) is -0.244. The molecule has 1 amide bonds. The maximum absolute atomic E-state index is 13.7. The fourth-order valence-corrected chi connectivity index (χ4v) is 6.79. The van der Waals surface area contributed by atoms with Gasteiger partial charge in [0, 0.05) is 31.0 Å². The minimum atomic E-state index is -3.56. The van der Waals surface area contributed by atoms with Crippen LogP contribution in [0.3, 0.4) is 0 Å². The van der Waals surface area contributed by atoms with Crippen LogP contribution in [-0.4, -0.2) is 41.7 Å². The van der Waals surface area contributed by atoms with Crippen LogP contribution in [0.1, 0.15) is 40.7 Å². The summed E-state index contributed by atoms with van der Waals surface area (Å²) in [4.78, 5) is 24.4. The first-order chi connectivity index (χ1) is 16.9. The number of rotatable bonds is 6. The highest BCUT2D eigenvalue weighted by molar-refractivity contribution is 7.89. The van der Waals surface area contributed by atoms with Crippen molar-refractivity contribution in [2.24, 2.45) is 0 Å². The molecule has 3 heterocycles. The van der Waals surface area contributed by atoms with Gasteiger partial charge in [0.2, 0.25) is 10.0 Å². The molecule has 2 aromatic heterocycles. The van der Waals surface area contributed by atoms with Crippen LogP contribution in [-0.2, 0) is 16.6 Å². The van der Waals surface area contributed by atoms with Gasteiger partial charge >= 0.3 is 0 Å². The highest BCUT2D eigenvalue weighted by Gasteiger charge is 2.27. The molecule has 7 nitrogen and oxygen atoms in total. The van der Waals surface area contributed by atoms with E-state index in [-0.39, 0.29) is 10.8 Å². The number of carbonyl (C=O) groups is 1. The van der Waals surface area contributed by atoms with E-state index in [1.807, 2.05) is 31.2 Å². The average Bonchev–Trinajstić information content (AvgIpc) is 3.31. The zero-order valence-electron chi connectivity index (χ0n) is 19.4. The number of nitrogens with zero attached hydrogens (tertiary/aromatic N) is 4. The molecule has 4 aromatic rings.